The van der Waals surface area contributed by atoms with Crippen molar-refractivity contribution in [3.05, 3.63) is 40.1 Å². The molecular formula is C13H16N2O3. The SMILES string of the molecule is COC(=O)CCCc1cn2cc(C)cc2c(=O)[nH]1. The number of fused-ring (bicyclic) bond motifs is 1. The molecule has 0 aromatic carbocycles. The number of nitrogens with one attached hydrogen (secondary N) is 1. The van der Waals surface area contributed by atoms with E-state index in [0.717, 1.165) is 11.3 Å². The molecule has 5 nitrogen and oxygen atoms in total. The largest absolute Gasteiger partial charge is 0.469 e. The number of carbonyl (C=O) groups is 1. The summed E-state index contributed by atoms with van der Waals surface area (Å²) in [5.74, 6) is -0.227. The Bertz CT molecular complexity index is 625. The van der Waals surface area contributed by atoms with Crippen LogP contribution in [0.2, 0.25) is 0 Å². The van der Waals surface area contributed by atoms with Crippen molar-refractivity contribution < 1.29 is 9.53 Å². The molecule has 0 saturated carbocycles. The molecule has 2 aromatic heterocycles. The van der Waals surface area contributed by atoms with Crippen LogP contribution < -0.4 is 5.56 Å². The Morgan fingerprint density at radius 2 is 2.22 bits per heavy atom. The zero-order valence-corrected chi connectivity index (χ0v) is 10.5. The van der Waals surface area contributed by atoms with Gasteiger partial charge in [-0.05, 0) is 31.4 Å². The molecular weight excluding hydrogens is 232 g/mol. The highest BCUT2D eigenvalue weighted by Gasteiger charge is 2.05. The molecule has 0 atom stereocenters. The van der Waals surface area contributed by atoms with Crippen LogP contribution in [0, 0.1) is 6.92 Å². The Kier molecular flexibility index (Phi) is 3.50. The summed E-state index contributed by atoms with van der Waals surface area (Å²) in [7, 11) is 1.37. The van der Waals surface area contributed by atoms with Gasteiger partial charge >= 0.3 is 5.97 Å². The van der Waals surface area contributed by atoms with Crippen molar-refractivity contribution in [2.45, 2.75) is 26.2 Å². The third-order valence-electron chi connectivity index (χ3n) is 2.84. The maximum absolute atomic E-state index is 11.8. The summed E-state index contributed by atoms with van der Waals surface area (Å²) in [4.78, 5) is 25.6. The number of hydrogen-bond acceptors (Lipinski definition) is 3. The number of esters is 1. The van der Waals surface area contributed by atoms with E-state index >= 15 is 0 Å². The standard InChI is InChI=1S/C13H16N2O3/c1-9-6-11-13(17)14-10(8-15(11)7-9)4-3-5-12(16)18-2/h6-8H,3-5H2,1-2H3,(H,14,17). The average molecular weight is 248 g/mol. The summed E-state index contributed by atoms with van der Waals surface area (Å²) in [6.07, 6.45) is 5.47. The van der Waals surface area contributed by atoms with Crippen LogP contribution in [0.3, 0.4) is 0 Å². The van der Waals surface area contributed by atoms with Crippen LogP contribution in [0.5, 0.6) is 0 Å². The first-order chi connectivity index (χ1) is 8.60. The molecule has 0 unspecified atom stereocenters. The molecule has 0 fully saturated rings. The van der Waals surface area contributed by atoms with Gasteiger partial charge in [0.05, 0.1) is 7.11 Å². The lowest BCUT2D eigenvalue weighted by Gasteiger charge is -2.02. The lowest BCUT2D eigenvalue weighted by Crippen LogP contribution is -2.12. The topological polar surface area (TPSA) is 63.6 Å². The highest BCUT2D eigenvalue weighted by Crippen LogP contribution is 2.07. The van der Waals surface area contributed by atoms with Gasteiger partial charge in [0.1, 0.15) is 5.52 Å². The predicted octanol–water partition coefficient (Wildman–Crippen LogP) is 1.43. The van der Waals surface area contributed by atoms with Crippen molar-refractivity contribution in [3.8, 4) is 0 Å². The minimum atomic E-state index is -0.227. The van der Waals surface area contributed by atoms with Crippen LogP contribution in [0.1, 0.15) is 24.1 Å². The number of methoxy groups -OCH3 is 1. The van der Waals surface area contributed by atoms with Crippen molar-refractivity contribution in [2.75, 3.05) is 7.11 Å². The molecule has 0 spiro atoms. The molecule has 5 heteroatoms. The summed E-state index contributed by atoms with van der Waals surface area (Å²) in [6.45, 7) is 1.95. The smallest absolute Gasteiger partial charge is 0.305 e. The molecule has 0 aliphatic rings. The van der Waals surface area contributed by atoms with Gasteiger partial charge in [0, 0.05) is 24.5 Å². The number of H-pyrrole nitrogens is 1. The van der Waals surface area contributed by atoms with Crippen LogP contribution in [0.4, 0.5) is 0 Å². The Labute approximate surface area is 104 Å². The number of nitrogens with zero attached hydrogens (tertiary/aromatic N) is 1. The average Bonchev–Trinajstić information content (AvgIpc) is 2.70. The first kappa shape index (κ1) is 12.4. The van der Waals surface area contributed by atoms with Crippen molar-refractivity contribution >= 4 is 11.5 Å². The van der Waals surface area contributed by atoms with E-state index in [9.17, 15) is 9.59 Å². The van der Waals surface area contributed by atoms with Crippen molar-refractivity contribution in [1.29, 1.82) is 0 Å². The third kappa shape index (κ3) is 2.61. The van der Waals surface area contributed by atoms with Crippen LogP contribution in [-0.2, 0) is 16.0 Å². The van der Waals surface area contributed by atoms with Gasteiger partial charge in [-0.1, -0.05) is 0 Å². The van der Waals surface area contributed by atoms with E-state index in [1.165, 1.54) is 7.11 Å². The minimum Gasteiger partial charge on any atom is -0.469 e. The monoisotopic (exact) mass is 248 g/mol. The molecule has 0 aliphatic heterocycles. The maximum atomic E-state index is 11.8. The van der Waals surface area contributed by atoms with Crippen LogP contribution in [-0.4, -0.2) is 22.5 Å². The Hall–Kier alpha value is -2.04. The highest BCUT2D eigenvalue weighted by atomic mass is 16.5. The molecule has 2 aromatic rings. The lowest BCUT2D eigenvalue weighted by molar-refractivity contribution is -0.140. The predicted molar refractivity (Wildman–Crippen MR) is 67.7 cm³/mol. The summed E-state index contributed by atoms with van der Waals surface area (Å²) in [6, 6.07) is 1.84. The number of hydrogen-bond donors (Lipinski definition) is 1. The number of aromatic amines is 1. The van der Waals surface area contributed by atoms with Crippen LogP contribution in [0.15, 0.2) is 23.3 Å². The second-order valence-corrected chi connectivity index (χ2v) is 4.35. The Morgan fingerprint density at radius 3 is 2.94 bits per heavy atom. The zero-order valence-electron chi connectivity index (χ0n) is 10.5. The Morgan fingerprint density at radius 1 is 1.44 bits per heavy atom. The van der Waals surface area contributed by atoms with Gasteiger partial charge in [-0.3, -0.25) is 9.59 Å². The third-order valence-corrected chi connectivity index (χ3v) is 2.84. The lowest BCUT2D eigenvalue weighted by atomic mass is 10.2. The number of aryl methyl sites for hydroxylation is 2. The van der Waals surface area contributed by atoms with E-state index in [-0.39, 0.29) is 11.5 Å². The molecule has 0 amide bonds. The van der Waals surface area contributed by atoms with E-state index in [1.54, 1.807) is 0 Å². The molecule has 1 N–H and O–H groups in total. The molecule has 0 bridgehead atoms. The number of rotatable bonds is 4. The quantitative estimate of drug-likeness (QED) is 0.832. The molecule has 96 valence electrons. The number of ether oxygens (including phenoxy) is 1. The molecule has 2 rings (SSSR count). The van der Waals surface area contributed by atoms with Crippen LogP contribution >= 0.6 is 0 Å². The van der Waals surface area contributed by atoms with E-state index in [2.05, 4.69) is 9.72 Å². The summed E-state index contributed by atoms with van der Waals surface area (Å²) < 4.78 is 6.39. The fourth-order valence-electron chi connectivity index (χ4n) is 1.97. The summed E-state index contributed by atoms with van der Waals surface area (Å²) in [5.41, 5.74) is 2.42. The van der Waals surface area contributed by atoms with Gasteiger partial charge in [0.15, 0.2) is 0 Å². The molecule has 0 radical (unpaired) electrons. The molecule has 18 heavy (non-hydrogen) atoms. The molecule has 0 saturated heterocycles. The first-order valence-corrected chi connectivity index (χ1v) is 5.87. The van der Waals surface area contributed by atoms with Gasteiger partial charge in [0.2, 0.25) is 0 Å². The van der Waals surface area contributed by atoms with Gasteiger partial charge in [0.25, 0.3) is 5.56 Å². The number of aromatic nitrogens is 2. The van der Waals surface area contributed by atoms with Crippen molar-refractivity contribution in [2.24, 2.45) is 0 Å². The van der Waals surface area contributed by atoms with Gasteiger partial charge in [-0.2, -0.15) is 0 Å². The summed E-state index contributed by atoms with van der Waals surface area (Å²) >= 11 is 0. The Balaban J connectivity index is 2.14. The second-order valence-electron chi connectivity index (χ2n) is 4.35. The van der Waals surface area contributed by atoms with Gasteiger partial charge in [-0.15, -0.1) is 0 Å². The van der Waals surface area contributed by atoms with E-state index in [4.69, 9.17) is 0 Å². The minimum absolute atomic E-state index is 0.0985. The second kappa shape index (κ2) is 5.08. The van der Waals surface area contributed by atoms with Crippen LogP contribution in [0.25, 0.3) is 5.52 Å². The first-order valence-electron chi connectivity index (χ1n) is 5.87. The zero-order chi connectivity index (χ0) is 13.1. The molecule has 2 heterocycles. The number of carbonyl (C=O) groups excluding carboxylic acids is 1. The van der Waals surface area contributed by atoms with Gasteiger partial charge in [-0.25, -0.2) is 0 Å². The fraction of sp³-hybridized carbons (Fsp3) is 0.385. The van der Waals surface area contributed by atoms with E-state index < -0.39 is 0 Å². The van der Waals surface area contributed by atoms with E-state index in [0.29, 0.717) is 24.8 Å². The van der Waals surface area contributed by atoms with E-state index in [1.807, 2.05) is 29.8 Å². The fourth-order valence-corrected chi connectivity index (χ4v) is 1.97. The molecule has 0 aliphatic carbocycles. The van der Waals surface area contributed by atoms with Crippen molar-refractivity contribution in [3.63, 3.8) is 0 Å². The highest BCUT2D eigenvalue weighted by molar-refractivity contribution is 5.69. The maximum Gasteiger partial charge on any atom is 0.305 e. The van der Waals surface area contributed by atoms with Crippen molar-refractivity contribution in [1.82, 2.24) is 9.38 Å². The summed E-state index contributed by atoms with van der Waals surface area (Å²) in [5, 5.41) is 0. The van der Waals surface area contributed by atoms with Gasteiger partial charge < -0.3 is 14.1 Å². The normalized spacial score (nSPS) is 10.8.